The summed E-state index contributed by atoms with van der Waals surface area (Å²) in [5, 5.41) is 3.22. The Kier molecular flexibility index (Phi) is 4.42. The highest BCUT2D eigenvalue weighted by Crippen LogP contribution is 2.08. The third kappa shape index (κ3) is 3.46. The van der Waals surface area contributed by atoms with Gasteiger partial charge in [-0.15, -0.1) is 0 Å². The van der Waals surface area contributed by atoms with Crippen molar-refractivity contribution >= 4 is 0 Å². The van der Waals surface area contributed by atoms with E-state index < -0.39 is 0 Å². The van der Waals surface area contributed by atoms with Gasteiger partial charge in [-0.05, 0) is 20.9 Å². The van der Waals surface area contributed by atoms with Crippen LogP contribution in [0.2, 0.25) is 0 Å². The zero-order chi connectivity index (χ0) is 9.68. The summed E-state index contributed by atoms with van der Waals surface area (Å²) in [4.78, 5) is 0. The second-order valence-corrected chi connectivity index (χ2v) is 3.54. The molecule has 2 unspecified atom stereocenters. The van der Waals surface area contributed by atoms with Crippen LogP contribution in [0.4, 0.5) is 0 Å². The Morgan fingerprint density at radius 3 is 2.69 bits per heavy atom. The molecule has 0 saturated carbocycles. The predicted octanol–water partition coefficient (Wildman–Crippen LogP) is 0.956. The molecule has 1 N–H and O–H groups in total. The van der Waals surface area contributed by atoms with E-state index in [0.29, 0.717) is 13.2 Å². The maximum absolute atomic E-state index is 5.60. The van der Waals surface area contributed by atoms with Gasteiger partial charge in [-0.1, -0.05) is 11.6 Å². The molecule has 0 bridgehead atoms. The van der Waals surface area contributed by atoms with Crippen LogP contribution >= 0.6 is 0 Å². The maximum atomic E-state index is 5.60. The molecular formula is C10H19NO2. The summed E-state index contributed by atoms with van der Waals surface area (Å²) in [6.07, 6.45) is 2.34. The highest BCUT2D eigenvalue weighted by Gasteiger charge is 2.21. The Hall–Kier alpha value is -0.380. The van der Waals surface area contributed by atoms with Gasteiger partial charge >= 0.3 is 0 Å². The van der Waals surface area contributed by atoms with Gasteiger partial charge in [0.15, 0.2) is 0 Å². The third-order valence-corrected chi connectivity index (χ3v) is 2.09. The fraction of sp³-hybridized carbons (Fsp3) is 0.800. The van der Waals surface area contributed by atoms with E-state index >= 15 is 0 Å². The smallest absolute Gasteiger partial charge is 0.0997 e. The van der Waals surface area contributed by atoms with E-state index in [0.717, 1.165) is 6.61 Å². The van der Waals surface area contributed by atoms with Crippen LogP contribution in [0.25, 0.3) is 0 Å². The average Bonchev–Trinajstić information content (AvgIpc) is 2.15. The van der Waals surface area contributed by atoms with Crippen molar-refractivity contribution in [3.05, 3.63) is 11.6 Å². The molecule has 1 heterocycles. The van der Waals surface area contributed by atoms with Gasteiger partial charge in [-0.3, -0.25) is 0 Å². The summed E-state index contributed by atoms with van der Waals surface area (Å²) in [6, 6.07) is 0.269. The van der Waals surface area contributed by atoms with E-state index in [1.165, 1.54) is 5.57 Å². The zero-order valence-electron chi connectivity index (χ0n) is 8.67. The number of rotatable bonds is 3. The molecule has 3 nitrogen and oxygen atoms in total. The van der Waals surface area contributed by atoms with E-state index in [9.17, 15) is 0 Å². The molecule has 1 fully saturated rings. The quantitative estimate of drug-likeness (QED) is 0.664. The van der Waals surface area contributed by atoms with Gasteiger partial charge in [0.05, 0.1) is 32.0 Å². The lowest BCUT2D eigenvalue weighted by Crippen LogP contribution is -2.44. The fourth-order valence-corrected chi connectivity index (χ4v) is 1.45. The first-order chi connectivity index (χ1) is 6.24. The first-order valence-electron chi connectivity index (χ1n) is 4.75. The van der Waals surface area contributed by atoms with Crippen LogP contribution < -0.4 is 5.32 Å². The number of nitrogens with one attached hydrogen (secondary N) is 1. The minimum Gasteiger partial charge on any atom is -0.376 e. The molecule has 1 saturated heterocycles. The van der Waals surface area contributed by atoms with Gasteiger partial charge in [0, 0.05) is 0 Å². The lowest BCUT2D eigenvalue weighted by Gasteiger charge is -2.28. The first-order valence-corrected chi connectivity index (χ1v) is 4.75. The minimum atomic E-state index is 0.161. The molecule has 1 aliphatic heterocycles. The predicted molar refractivity (Wildman–Crippen MR) is 52.8 cm³/mol. The summed E-state index contributed by atoms with van der Waals surface area (Å²) in [5.74, 6) is 0. The molecule has 1 aliphatic rings. The van der Waals surface area contributed by atoms with Gasteiger partial charge in [0.2, 0.25) is 0 Å². The Labute approximate surface area is 80.1 Å². The Bertz CT molecular complexity index is 170. The molecule has 0 radical (unpaired) electrons. The minimum absolute atomic E-state index is 0.161. The van der Waals surface area contributed by atoms with E-state index in [2.05, 4.69) is 25.2 Å². The van der Waals surface area contributed by atoms with Crippen molar-refractivity contribution in [2.45, 2.75) is 26.0 Å². The maximum Gasteiger partial charge on any atom is 0.0997 e. The van der Waals surface area contributed by atoms with Gasteiger partial charge in [0.1, 0.15) is 0 Å². The highest BCUT2D eigenvalue weighted by atomic mass is 16.6. The van der Waals surface area contributed by atoms with Gasteiger partial charge in [0.25, 0.3) is 0 Å². The van der Waals surface area contributed by atoms with Crippen LogP contribution in [0.5, 0.6) is 0 Å². The molecule has 1 rings (SSSR count). The molecule has 13 heavy (non-hydrogen) atoms. The second kappa shape index (κ2) is 5.37. The molecule has 0 aromatic rings. The molecule has 0 aromatic heterocycles. The van der Waals surface area contributed by atoms with Crippen molar-refractivity contribution < 1.29 is 9.47 Å². The van der Waals surface area contributed by atoms with Crippen molar-refractivity contribution in [1.29, 1.82) is 0 Å². The normalized spacial score (nSPS) is 25.3. The molecule has 3 heteroatoms. The largest absolute Gasteiger partial charge is 0.376 e. The molecule has 76 valence electrons. The SMILES string of the molecule is CNC(C=C(C)C)C1COCCO1. The van der Waals surface area contributed by atoms with Crippen LogP contribution in [0, 0.1) is 0 Å². The van der Waals surface area contributed by atoms with Crippen LogP contribution in [-0.2, 0) is 9.47 Å². The van der Waals surface area contributed by atoms with Crippen molar-refractivity contribution in [3.63, 3.8) is 0 Å². The number of allylic oxidation sites excluding steroid dienone is 1. The van der Waals surface area contributed by atoms with Crippen LogP contribution in [0.1, 0.15) is 13.8 Å². The highest BCUT2D eigenvalue weighted by molar-refractivity contribution is 5.04. The van der Waals surface area contributed by atoms with Crippen LogP contribution in [-0.4, -0.2) is 39.0 Å². The second-order valence-electron chi connectivity index (χ2n) is 3.54. The zero-order valence-corrected chi connectivity index (χ0v) is 8.67. The summed E-state index contributed by atoms with van der Waals surface area (Å²) < 4.78 is 11.0. The van der Waals surface area contributed by atoms with Crippen molar-refractivity contribution in [1.82, 2.24) is 5.32 Å². The Morgan fingerprint density at radius 2 is 2.23 bits per heavy atom. The van der Waals surface area contributed by atoms with E-state index in [1.54, 1.807) is 0 Å². The van der Waals surface area contributed by atoms with Crippen molar-refractivity contribution in [2.75, 3.05) is 26.9 Å². The van der Waals surface area contributed by atoms with E-state index in [4.69, 9.17) is 9.47 Å². The average molecular weight is 185 g/mol. The summed E-state index contributed by atoms with van der Waals surface area (Å²) in [6.45, 7) is 6.30. The van der Waals surface area contributed by atoms with E-state index in [1.807, 2.05) is 7.05 Å². The standard InChI is InChI=1S/C10H19NO2/c1-8(2)6-9(11-3)10-7-12-4-5-13-10/h6,9-11H,4-5,7H2,1-3H3. The molecular weight excluding hydrogens is 166 g/mol. The Morgan fingerprint density at radius 1 is 1.46 bits per heavy atom. The summed E-state index contributed by atoms with van der Waals surface area (Å²) in [7, 11) is 1.95. The number of hydrogen-bond acceptors (Lipinski definition) is 3. The lowest BCUT2D eigenvalue weighted by molar-refractivity contribution is -0.0949. The van der Waals surface area contributed by atoms with Crippen LogP contribution in [0.15, 0.2) is 11.6 Å². The molecule has 0 amide bonds. The van der Waals surface area contributed by atoms with Gasteiger partial charge in [-0.25, -0.2) is 0 Å². The first kappa shape index (κ1) is 10.7. The van der Waals surface area contributed by atoms with E-state index in [-0.39, 0.29) is 12.1 Å². The Balaban J connectivity index is 2.49. The number of ether oxygens (including phenoxy) is 2. The van der Waals surface area contributed by atoms with Crippen LogP contribution in [0.3, 0.4) is 0 Å². The number of hydrogen-bond donors (Lipinski definition) is 1. The molecule has 2 atom stereocenters. The molecule has 0 aromatic carbocycles. The van der Waals surface area contributed by atoms with Gasteiger partial charge in [-0.2, -0.15) is 0 Å². The summed E-state index contributed by atoms with van der Waals surface area (Å²) >= 11 is 0. The third-order valence-electron chi connectivity index (χ3n) is 2.09. The monoisotopic (exact) mass is 185 g/mol. The fourth-order valence-electron chi connectivity index (χ4n) is 1.45. The van der Waals surface area contributed by atoms with Gasteiger partial charge < -0.3 is 14.8 Å². The lowest BCUT2D eigenvalue weighted by atomic mass is 10.1. The molecule has 0 spiro atoms. The molecule has 0 aliphatic carbocycles. The topological polar surface area (TPSA) is 30.5 Å². The number of likely N-dealkylation sites (N-methyl/N-ethyl adjacent to an activating group) is 1. The van der Waals surface area contributed by atoms with Crippen molar-refractivity contribution in [3.8, 4) is 0 Å². The van der Waals surface area contributed by atoms with Crippen molar-refractivity contribution in [2.24, 2.45) is 0 Å². The summed E-state index contributed by atoms with van der Waals surface area (Å²) in [5.41, 5.74) is 1.30.